The van der Waals surface area contributed by atoms with E-state index in [0.717, 1.165) is 5.56 Å². The molecule has 6 atom stereocenters. The minimum atomic E-state index is -1.25. The summed E-state index contributed by atoms with van der Waals surface area (Å²) in [6, 6.07) is 13.1. The number of aromatic hydroxyl groups is 1. The molecule has 0 aromatic heterocycles. The minimum Gasteiger partial charge on any atom is -0.508 e. The molecular formula is C34H46N6O7. The van der Waals surface area contributed by atoms with E-state index in [9.17, 15) is 29.4 Å². The second-order valence-corrected chi connectivity index (χ2v) is 12.3. The van der Waals surface area contributed by atoms with Gasteiger partial charge in [-0.05, 0) is 67.7 Å². The van der Waals surface area contributed by atoms with Gasteiger partial charge in [0.2, 0.25) is 11.8 Å². The molecule has 1 aliphatic heterocycles. The number of likely N-dealkylation sites (tertiary alicyclic amines) is 1. The zero-order chi connectivity index (χ0) is 33.9. The number of amides is 3. The Morgan fingerprint density at radius 3 is 2.36 bits per heavy atom. The summed E-state index contributed by atoms with van der Waals surface area (Å²) in [6.07, 6.45) is 1.66. The fourth-order valence-electron chi connectivity index (χ4n) is 6.49. The monoisotopic (exact) mass is 650 g/mol. The molecule has 0 radical (unpaired) electrons. The quantitative estimate of drug-likeness (QED) is 0.0741. The van der Waals surface area contributed by atoms with Crippen LogP contribution >= 0.6 is 0 Å². The zero-order valence-corrected chi connectivity index (χ0v) is 26.7. The third-order valence-corrected chi connectivity index (χ3v) is 8.74. The molecule has 1 heterocycles. The minimum absolute atomic E-state index is 0.00983. The number of aliphatic hydroxyl groups is 1. The van der Waals surface area contributed by atoms with Crippen molar-refractivity contribution in [1.82, 2.24) is 15.5 Å². The lowest BCUT2D eigenvalue weighted by atomic mass is 9.83. The van der Waals surface area contributed by atoms with Crippen LogP contribution in [0.15, 0.2) is 59.6 Å². The first-order valence-electron chi connectivity index (χ1n) is 16.1. The molecule has 13 nitrogen and oxygen atoms in total. The molecule has 8 N–H and O–H groups in total. The van der Waals surface area contributed by atoms with Crippen molar-refractivity contribution in [2.75, 3.05) is 13.1 Å². The summed E-state index contributed by atoms with van der Waals surface area (Å²) in [5, 5.41) is 26.0. The van der Waals surface area contributed by atoms with Crippen molar-refractivity contribution in [3.63, 3.8) is 0 Å². The predicted molar refractivity (Wildman–Crippen MR) is 175 cm³/mol. The van der Waals surface area contributed by atoms with Crippen molar-refractivity contribution in [3.8, 4) is 5.75 Å². The van der Waals surface area contributed by atoms with Gasteiger partial charge >= 0.3 is 5.97 Å². The summed E-state index contributed by atoms with van der Waals surface area (Å²) in [6.45, 7) is 2.02. The molecule has 1 aliphatic carbocycles. The van der Waals surface area contributed by atoms with Crippen LogP contribution in [0.25, 0.3) is 0 Å². The van der Waals surface area contributed by atoms with Crippen LogP contribution in [0.1, 0.15) is 56.6 Å². The molecule has 254 valence electrons. The lowest BCUT2D eigenvalue weighted by Gasteiger charge is -2.37. The number of unbranched alkanes of at least 4 members (excludes halogenated alkanes) is 1. The average molecular weight is 651 g/mol. The van der Waals surface area contributed by atoms with Crippen LogP contribution in [0.5, 0.6) is 5.75 Å². The molecule has 2 fully saturated rings. The number of fused-ring (bicyclic) bond motifs is 1. The number of phenolic OH excluding ortho intramolecular Hbond substituents is 1. The first-order valence-corrected chi connectivity index (χ1v) is 16.1. The number of nitrogens with one attached hydrogen (secondary N) is 2. The summed E-state index contributed by atoms with van der Waals surface area (Å²) < 4.78 is 5.39. The third-order valence-electron chi connectivity index (χ3n) is 8.74. The zero-order valence-electron chi connectivity index (χ0n) is 26.7. The van der Waals surface area contributed by atoms with Gasteiger partial charge < -0.3 is 42.0 Å². The van der Waals surface area contributed by atoms with E-state index in [1.807, 2.05) is 30.3 Å². The number of hydrogen-bond donors (Lipinski definition) is 6. The SMILES string of the molecule is CC(=O)OC(Cc1ccc(O)cc1)C(=O)NC(Cc1ccccc1)C(=O)N1C(C(=O)NCCCCN=C(N)N)CC2CCC(O)CC21. The molecule has 4 rings (SSSR count). The summed E-state index contributed by atoms with van der Waals surface area (Å²) in [5.74, 6) is -1.97. The first-order chi connectivity index (χ1) is 22.5. The number of aliphatic imine (C=N–C) groups is 1. The molecule has 0 bridgehead atoms. The second kappa shape index (κ2) is 16.8. The Labute approximate surface area is 274 Å². The molecule has 6 unspecified atom stereocenters. The Hall–Kier alpha value is -4.65. The van der Waals surface area contributed by atoms with Gasteiger partial charge in [0.05, 0.1) is 6.10 Å². The van der Waals surface area contributed by atoms with Gasteiger partial charge in [-0.1, -0.05) is 42.5 Å². The summed E-state index contributed by atoms with van der Waals surface area (Å²) in [5.41, 5.74) is 12.2. The molecular weight excluding hydrogens is 604 g/mol. The number of carbonyl (C=O) groups is 4. The van der Waals surface area contributed by atoms with E-state index in [-0.39, 0.29) is 42.4 Å². The molecule has 1 saturated heterocycles. The topological polar surface area (TPSA) is 210 Å². The van der Waals surface area contributed by atoms with Gasteiger partial charge in [0.1, 0.15) is 17.8 Å². The molecule has 2 aromatic rings. The van der Waals surface area contributed by atoms with Gasteiger partial charge in [-0.2, -0.15) is 0 Å². The van der Waals surface area contributed by atoms with Gasteiger partial charge in [-0.15, -0.1) is 0 Å². The van der Waals surface area contributed by atoms with Crippen LogP contribution < -0.4 is 22.1 Å². The number of hydrogen-bond acceptors (Lipinski definition) is 8. The van der Waals surface area contributed by atoms with E-state index in [2.05, 4.69) is 15.6 Å². The summed E-state index contributed by atoms with van der Waals surface area (Å²) in [7, 11) is 0. The van der Waals surface area contributed by atoms with Crippen LogP contribution in [0.2, 0.25) is 0 Å². The highest BCUT2D eigenvalue weighted by Crippen LogP contribution is 2.40. The normalized spacial score (nSPS) is 21.5. The number of aliphatic hydroxyl groups excluding tert-OH is 1. The van der Waals surface area contributed by atoms with Crippen molar-refractivity contribution in [2.45, 2.75) is 88.6 Å². The second-order valence-electron chi connectivity index (χ2n) is 12.3. The van der Waals surface area contributed by atoms with E-state index in [1.165, 1.54) is 19.1 Å². The Bertz CT molecular complexity index is 1400. The molecule has 2 aliphatic rings. The number of nitrogens with zero attached hydrogens (tertiary/aromatic N) is 2. The number of ether oxygens (including phenoxy) is 1. The first kappa shape index (κ1) is 35.2. The van der Waals surface area contributed by atoms with Gasteiger partial charge in [0.15, 0.2) is 12.1 Å². The molecule has 13 heteroatoms. The van der Waals surface area contributed by atoms with Gasteiger partial charge in [0.25, 0.3) is 5.91 Å². The third kappa shape index (κ3) is 10.2. The highest BCUT2D eigenvalue weighted by Gasteiger charge is 2.50. The summed E-state index contributed by atoms with van der Waals surface area (Å²) in [4.78, 5) is 59.4. The number of phenols is 1. The number of esters is 1. The number of carbonyl (C=O) groups excluding carboxylic acids is 4. The fraction of sp³-hybridized carbons (Fsp3) is 0.500. The van der Waals surface area contributed by atoms with Gasteiger partial charge in [-0.3, -0.25) is 24.2 Å². The molecule has 3 amide bonds. The lowest BCUT2D eigenvalue weighted by molar-refractivity contribution is -0.155. The lowest BCUT2D eigenvalue weighted by Crippen LogP contribution is -2.58. The van der Waals surface area contributed by atoms with Crippen molar-refractivity contribution in [3.05, 3.63) is 65.7 Å². The number of guanidine groups is 1. The Morgan fingerprint density at radius 1 is 0.979 bits per heavy atom. The highest BCUT2D eigenvalue weighted by atomic mass is 16.5. The van der Waals surface area contributed by atoms with Crippen molar-refractivity contribution in [2.24, 2.45) is 22.4 Å². The van der Waals surface area contributed by atoms with Gasteiger partial charge in [0, 0.05) is 38.9 Å². The van der Waals surface area contributed by atoms with Gasteiger partial charge in [-0.25, -0.2) is 0 Å². The maximum absolute atomic E-state index is 14.6. The van der Waals surface area contributed by atoms with E-state index in [4.69, 9.17) is 16.2 Å². The standard InChI is InChI=1S/C34H46N6O7/c1-21(41)47-30(18-23-9-12-25(42)13-10-23)32(45)39-27(17-22-7-3-2-4-8-22)33(46)40-28-20-26(43)14-11-24(28)19-29(40)31(44)37-15-5-6-16-38-34(35)36/h2-4,7-10,12-13,24,26-30,42-43H,5-6,11,14-20H2,1H3,(H,37,44)(H,39,45)(H4,35,36,38). The van der Waals surface area contributed by atoms with Crippen molar-refractivity contribution in [1.29, 1.82) is 0 Å². The van der Waals surface area contributed by atoms with Crippen molar-refractivity contribution < 1.29 is 34.1 Å². The molecule has 2 aromatic carbocycles. The van der Waals surface area contributed by atoms with Crippen LogP contribution in [-0.2, 0) is 36.8 Å². The van der Waals surface area contributed by atoms with Crippen LogP contribution in [-0.4, -0.2) is 88.2 Å². The fourth-order valence-corrected chi connectivity index (χ4v) is 6.49. The molecule has 0 spiro atoms. The smallest absolute Gasteiger partial charge is 0.303 e. The average Bonchev–Trinajstić information content (AvgIpc) is 3.41. The van der Waals surface area contributed by atoms with E-state index < -0.39 is 42.1 Å². The number of benzene rings is 2. The maximum Gasteiger partial charge on any atom is 0.303 e. The largest absolute Gasteiger partial charge is 0.508 e. The number of nitrogens with two attached hydrogens (primary N) is 2. The number of rotatable bonds is 14. The van der Waals surface area contributed by atoms with E-state index in [0.29, 0.717) is 57.2 Å². The predicted octanol–water partition coefficient (Wildman–Crippen LogP) is 0.894. The van der Waals surface area contributed by atoms with Crippen molar-refractivity contribution >= 4 is 29.7 Å². The highest BCUT2D eigenvalue weighted by molar-refractivity contribution is 5.94. The van der Waals surface area contributed by atoms with Crippen LogP contribution in [0, 0.1) is 5.92 Å². The van der Waals surface area contributed by atoms with Crippen LogP contribution in [0.3, 0.4) is 0 Å². The summed E-state index contributed by atoms with van der Waals surface area (Å²) >= 11 is 0. The Kier molecular flexibility index (Phi) is 12.6. The van der Waals surface area contributed by atoms with Crippen LogP contribution in [0.4, 0.5) is 0 Å². The Balaban J connectivity index is 1.57. The van der Waals surface area contributed by atoms with E-state index >= 15 is 0 Å². The Morgan fingerprint density at radius 2 is 1.68 bits per heavy atom. The molecule has 47 heavy (non-hydrogen) atoms. The van der Waals surface area contributed by atoms with E-state index in [1.54, 1.807) is 17.0 Å². The molecule has 1 saturated carbocycles. The maximum atomic E-state index is 14.6.